The van der Waals surface area contributed by atoms with Crippen LogP contribution in [-0.2, 0) is 10.2 Å². The Kier molecular flexibility index (Phi) is 2.43. The van der Waals surface area contributed by atoms with Gasteiger partial charge in [-0.05, 0) is 49.4 Å². The summed E-state index contributed by atoms with van der Waals surface area (Å²) >= 11 is 0. The molecule has 0 saturated heterocycles. The second kappa shape index (κ2) is 4.08. The van der Waals surface area contributed by atoms with Crippen LogP contribution in [0.4, 0.5) is 4.39 Å². The van der Waals surface area contributed by atoms with Gasteiger partial charge >= 0.3 is 0 Å². The second-order valence-electron chi connectivity index (χ2n) is 6.16. The molecular formula is C16H17FN2O. The summed E-state index contributed by atoms with van der Waals surface area (Å²) in [5, 5.41) is 4.02. The fourth-order valence-corrected chi connectivity index (χ4v) is 2.97. The van der Waals surface area contributed by atoms with Crippen molar-refractivity contribution in [2.45, 2.75) is 31.1 Å². The molecule has 2 N–H and O–H groups in total. The van der Waals surface area contributed by atoms with E-state index in [1.54, 1.807) is 12.1 Å². The van der Waals surface area contributed by atoms with Gasteiger partial charge in [0.15, 0.2) is 0 Å². The fraction of sp³-hybridized carbons (Fsp3) is 0.438. The molecule has 2 saturated carbocycles. The molecule has 4 heteroatoms. The molecule has 104 valence electrons. The quantitative estimate of drug-likeness (QED) is 0.883. The smallest absolute Gasteiger partial charge is 0.223 e. The first kappa shape index (κ1) is 11.9. The average Bonchev–Trinajstić information content (AvgIpc) is 3.35. The fourth-order valence-electron chi connectivity index (χ4n) is 2.97. The molecule has 0 unspecified atom stereocenters. The number of carbonyl (C=O) groups is 1. The summed E-state index contributed by atoms with van der Waals surface area (Å²) in [7, 11) is 0. The standard InChI is InChI=1S/C16H17FN2O/c17-11-3-4-14-12(7-11)13(8-18-14)16(5-6-16)9-19-15(20)10-1-2-10/h3-4,7-8,10,18H,1-2,5-6,9H2,(H,19,20). The topological polar surface area (TPSA) is 44.9 Å². The van der Waals surface area contributed by atoms with Crippen LogP contribution in [0.3, 0.4) is 0 Å². The number of halogens is 1. The minimum Gasteiger partial charge on any atom is -0.361 e. The Labute approximate surface area is 116 Å². The highest BCUT2D eigenvalue weighted by Crippen LogP contribution is 2.50. The van der Waals surface area contributed by atoms with Crippen molar-refractivity contribution in [2.75, 3.05) is 6.54 Å². The van der Waals surface area contributed by atoms with Crippen molar-refractivity contribution in [3.05, 3.63) is 35.8 Å². The van der Waals surface area contributed by atoms with E-state index in [4.69, 9.17) is 0 Å². The molecule has 2 aliphatic rings. The molecule has 4 rings (SSSR count). The number of aromatic nitrogens is 1. The van der Waals surface area contributed by atoms with Gasteiger partial charge in [-0.15, -0.1) is 0 Å². The van der Waals surface area contributed by atoms with Gasteiger partial charge in [-0.3, -0.25) is 4.79 Å². The van der Waals surface area contributed by atoms with Crippen molar-refractivity contribution >= 4 is 16.8 Å². The van der Waals surface area contributed by atoms with Crippen LogP contribution in [-0.4, -0.2) is 17.4 Å². The highest BCUT2D eigenvalue weighted by molar-refractivity contribution is 5.85. The molecule has 1 aromatic carbocycles. The van der Waals surface area contributed by atoms with Gasteiger partial charge in [-0.2, -0.15) is 0 Å². The number of H-pyrrole nitrogens is 1. The van der Waals surface area contributed by atoms with Crippen LogP contribution >= 0.6 is 0 Å². The Morgan fingerprint density at radius 2 is 2.20 bits per heavy atom. The molecule has 0 atom stereocenters. The van der Waals surface area contributed by atoms with Crippen LogP contribution in [0.25, 0.3) is 10.9 Å². The van der Waals surface area contributed by atoms with E-state index in [2.05, 4.69) is 10.3 Å². The van der Waals surface area contributed by atoms with Gasteiger partial charge < -0.3 is 10.3 Å². The number of amides is 1. The molecule has 0 spiro atoms. The molecule has 1 amide bonds. The zero-order valence-electron chi connectivity index (χ0n) is 11.2. The van der Waals surface area contributed by atoms with E-state index in [-0.39, 0.29) is 23.1 Å². The lowest BCUT2D eigenvalue weighted by atomic mass is 9.95. The zero-order chi connectivity index (χ0) is 13.7. The number of nitrogens with one attached hydrogen (secondary N) is 2. The van der Waals surface area contributed by atoms with Crippen LogP contribution in [0.5, 0.6) is 0 Å². The van der Waals surface area contributed by atoms with E-state index in [1.807, 2.05) is 6.20 Å². The number of carbonyl (C=O) groups excluding carboxylic acids is 1. The molecule has 1 heterocycles. The minimum absolute atomic E-state index is 0.0105. The summed E-state index contributed by atoms with van der Waals surface area (Å²) in [6.07, 6.45) is 6.14. The van der Waals surface area contributed by atoms with Crippen LogP contribution in [0.2, 0.25) is 0 Å². The lowest BCUT2D eigenvalue weighted by molar-refractivity contribution is -0.122. The van der Waals surface area contributed by atoms with Crippen molar-refractivity contribution in [3.8, 4) is 0 Å². The van der Waals surface area contributed by atoms with Crippen molar-refractivity contribution in [1.29, 1.82) is 0 Å². The molecule has 0 aliphatic heterocycles. The van der Waals surface area contributed by atoms with Gasteiger partial charge in [0.2, 0.25) is 5.91 Å². The van der Waals surface area contributed by atoms with E-state index < -0.39 is 0 Å². The van der Waals surface area contributed by atoms with E-state index >= 15 is 0 Å². The van der Waals surface area contributed by atoms with E-state index in [1.165, 1.54) is 6.07 Å². The molecule has 2 aromatic rings. The minimum atomic E-state index is -0.212. The maximum absolute atomic E-state index is 13.4. The second-order valence-corrected chi connectivity index (χ2v) is 6.16. The number of hydrogen-bond acceptors (Lipinski definition) is 1. The average molecular weight is 272 g/mol. The predicted octanol–water partition coefficient (Wildman–Crippen LogP) is 2.86. The van der Waals surface area contributed by atoms with Gasteiger partial charge in [-0.25, -0.2) is 4.39 Å². The maximum Gasteiger partial charge on any atom is 0.223 e. The van der Waals surface area contributed by atoms with E-state index in [9.17, 15) is 9.18 Å². The molecule has 20 heavy (non-hydrogen) atoms. The Morgan fingerprint density at radius 3 is 2.90 bits per heavy atom. The van der Waals surface area contributed by atoms with Crippen molar-refractivity contribution in [3.63, 3.8) is 0 Å². The van der Waals surface area contributed by atoms with Crippen molar-refractivity contribution in [2.24, 2.45) is 5.92 Å². The Balaban J connectivity index is 1.60. The van der Waals surface area contributed by atoms with Crippen LogP contribution in [0, 0.1) is 11.7 Å². The van der Waals surface area contributed by atoms with Gasteiger partial charge in [0.05, 0.1) is 0 Å². The lowest BCUT2D eigenvalue weighted by Gasteiger charge is -2.15. The molecular weight excluding hydrogens is 255 g/mol. The SMILES string of the molecule is O=C(NCC1(c2c[nH]c3ccc(F)cc23)CC1)C1CC1. The van der Waals surface area contributed by atoms with Gasteiger partial charge in [0, 0.05) is 35.0 Å². The number of rotatable bonds is 4. The van der Waals surface area contributed by atoms with Crippen LogP contribution in [0.15, 0.2) is 24.4 Å². The largest absolute Gasteiger partial charge is 0.361 e. The summed E-state index contributed by atoms with van der Waals surface area (Å²) in [6, 6.07) is 4.83. The molecule has 0 radical (unpaired) electrons. The van der Waals surface area contributed by atoms with Gasteiger partial charge in [0.1, 0.15) is 5.82 Å². The zero-order valence-corrected chi connectivity index (χ0v) is 11.2. The predicted molar refractivity (Wildman–Crippen MR) is 74.9 cm³/mol. The van der Waals surface area contributed by atoms with Gasteiger partial charge in [-0.1, -0.05) is 0 Å². The highest BCUT2D eigenvalue weighted by Gasteiger charge is 2.46. The molecule has 2 aliphatic carbocycles. The number of hydrogen-bond donors (Lipinski definition) is 2. The lowest BCUT2D eigenvalue weighted by Crippen LogP contribution is -2.33. The summed E-state index contributed by atoms with van der Waals surface area (Å²) in [5.41, 5.74) is 2.11. The summed E-state index contributed by atoms with van der Waals surface area (Å²) in [4.78, 5) is 15.0. The van der Waals surface area contributed by atoms with E-state index in [0.29, 0.717) is 6.54 Å². The van der Waals surface area contributed by atoms with Crippen LogP contribution < -0.4 is 5.32 Å². The number of aromatic amines is 1. The number of fused-ring (bicyclic) bond motifs is 1. The van der Waals surface area contributed by atoms with Crippen LogP contribution in [0.1, 0.15) is 31.2 Å². The number of benzene rings is 1. The molecule has 0 bridgehead atoms. The van der Waals surface area contributed by atoms with E-state index in [0.717, 1.165) is 42.1 Å². The first-order valence-electron chi connectivity index (χ1n) is 7.23. The Hall–Kier alpha value is -1.84. The summed E-state index contributed by atoms with van der Waals surface area (Å²) < 4.78 is 13.4. The third-order valence-electron chi connectivity index (χ3n) is 4.62. The molecule has 1 aromatic heterocycles. The summed E-state index contributed by atoms with van der Waals surface area (Å²) in [5.74, 6) is 0.213. The first-order valence-corrected chi connectivity index (χ1v) is 7.23. The third kappa shape index (κ3) is 1.90. The Morgan fingerprint density at radius 1 is 1.40 bits per heavy atom. The normalized spacial score (nSPS) is 20.1. The highest BCUT2D eigenvalue weighted by atomic mass is 19.1. The Bertz CT molecular complexity index is 683. The summed E-state index contributed by atoms with van der Waals surface area (Å²) in [6.45, 7) is 0.672. The monoisotopic (exact) mass is 272 g/mol. The first-order chi connectivity index (χ1) is 9.68. The maximum atomic E-state index is 13.4. The third-order valence-corrected chi connectivity index (χ3v) is 4.62. The molecule has 2 fully saturated rings. The molecule has 3 nitrogen and oxygen atoms in total. The van der Waals surface area contributed by atoms with Crippen molar-refractivity contribution < 1.29 is 9.18 Å². The van der Waals surface area contributed by atoms with Gasteiger partial charge in [0.25, 0.3) is 0 Å². The van der Waals surface area contributed by atoms with Crippen molar-refractivity contribution in [1.82, 2.24) is 10.3 Å².